The fraction of sp³-hybridized carbons (Fsp3) is 0.467. The zero-order valence-corrected chi connectivity index (χ0v) is 11.0. The molecule has 1 aliphatic rings. The van der Waals surface area contributed by atoms with Crippen LogP contribution in [0, 0.1) is 5.92 Å². The van der Waals surface area contributed by atoms with Gasteiger partial charge in [-0.05, 0) is 24.8 Å². The Bertz CT molecular complexity index is 441. The monoisotopic (exact) mass is 262 g/mol. The molecular formula is C15H18O4. The predicted octanol–water partition coefficient (Wildman–Crippen LogP) is 3.10. The van der Waals surface area contributed by atoms with E-state index in [1.807, 2.05) is 37.3 Å². The van der Waals surface area contributed by atoms with Crippen molar-refractivity contribution in [1.29, 1.82) is 0 Å². The van der Waals surface area contributed by atoms with Crippen molar-refractivity contribution < 1.29 is 19.1 Å². The van der Waals surface area contributed by atoms with Crippen LogP contribution in [-0.2, 0) is 20.9 Å². The Balaban J connectivity index is 1.79. The maximum absolute atomic E-state index is 11.8. The second-order valence-electron chi connectivity index (χ2n) is 4.87. The molecule has 0 bridgehead atoms. The molecule has 0 amide bonds. The van der Waals surface area contributed by atoms with Gasteiger partial charge in [0.1, 0.15) is 6.61 Å². The molecule has 4 nitrogen and oxygen atoms in total. The van der Waals surface area contributed by atoms with Crippen molar-refractivity contribution in [2.45, 2.75) is 38.9 Å². The Labute approximate surface area is 112 Å². The minimum Gasteiger partial charge on any atom is -0.429 e. The molecule has 0 heterocycles. The number of carbonyl (C=O) groups is 2. The summed E-state index contributed by atoms with van der Waals surface area (Å²) in [6, 6.07) is 9.36. The lowest BCUT2D eigenvalue weighted by Gasteiger charge is -2.24. The molecule has 2 unspecified atom stereocenters. The number of ether oxygens (including phenoxy) is 2. The van der Waals surface area contributed by atoms with Gasteiger partial charge < -0.3 is 9.47 Å². The zero-order valence-electron chi connectivity index (χ0n) is 11.0. The molecule has 102 valence electrons. The summed E-state index contributed by atoms with van der Waals surface area (Å²) in [7, 11) is 0. The van der Waals surface area contributed by atoms with Gasteiger partial charge in [-0.1, -0.05) is 37.3 Å². The van der Waals surface area contributed by atoms with Crippen molar-refractivity contribution >= 4 is 11.9 Å². The van der Waals surface area contributed by atoms with Gasteiger partial charge in [0.2, 0.25) is 0 Å². The minimum atomic E-state index is -0.767. The molecule has 4 heteroatoms. The van der Waals surface area contributed by atoms with Crippen LogP contribution in [0.3, 0.4) is 0 Å². The average Bonchev–Trinajstić information content (AvgIpc) is 2.43. The number of rotatable bonds is 3. The highest BCUT2D eigenvalue weighted by Gasteiger charge is 2.31. The molecule has 2 atom stereocenters. The van der Waals surface area contributed by atoms with Gasteiger partial charge >= 0.3 is 6.16 Å². The lowest BCUT2D eigenvalue weighted by Crippen LogP contribution is -2.35. The first-order valence-corrected chi connectivity index (χ1v) is 6.58. The molecule has 2 rings (SSSR count). The Kier molecular flexibility index (Phi) is 4.55. The summed E-state index contributed by atoms with van der Waals surface area (Å²) < 4.78 is 10.1. The molecule has 1 saturated carbocycles. The number of Topliss-reactive ketones (excluding diaryl/α,β-unsaturated/α-hetero) is 1. The highest BCUT2D eigenvalue weighted by molar-refractivity contribution is 5.87. The van der Waals surface area contributed by atoms with E-state index in [1.165, 1.54) is 0 Å². The Morgan fingerprint density at radius 1 is 1.26 bits per heavy atom. The molecule has 0 spiro atoms. The number of hydrogen-bond donors (Lipinski definition) is 0. The molecule has 1 aromatic rings. The molecule has 1 aromatic carbocycles. The van der Waals surface area contributed by atoms with Crippen LogP contribution in [0.2, 0.25) is 0 Å². The molecule has 0 aliphatic heterocycles. The van der Waals surface area contributed by atoms with E-state index in [4.69, 9.17) is 9.47 Å². The first-order chi connectivity index (χ1) is 9.16. The summed E-state index contributed by atoms with van der Waals surface area (Å²) >= 11 is 0. The third-order valence-electron chi connectivity index (χ3n) is 3.34. The molecule has 0 aromatic heterocycles. The minimum absolute atomic E-state index is 0.00270. The van der Waals surface area contributed by atoms with Crippen LogP contribution in [0.5, 0.6) is 0 Å². The van der Waals surface area contributed by atoms with Crippen molar-refractivity contribution in [3.63, 3.8) is 0 Å². The predicted molar refractivity (Wildman–Crippen MR) is 69.5 cm³/mol. The fourth-order valence-electron chi connectivity index (χ4n) is 2.19. The lowest BCUT2D eigenvalue weighted by atomic mass is 9.87. The quantitative estimate of drug-likeness (QED) is 0.785. The lowest BCUT2D eigenvalue weighted by molar-refractivity contribution is -0.135. The van der Waals surface area contributed by atoms with Crippen molar-refractivity contribution in [1.82, 2.24) is 0 Å². The third-order valence-corrected chi connectivity index (χ3v) is 3.34. The smallest absolute Gasteiger partial charge is 0.429 e. The van der Waals surface area contributed by atoms with Crippen LogP contribution < -0.4 is 0 Å². The average molecular weight is 262 g/mol. The van der Waals surface area contributed by atoms with Crippen molar-refractivity contribution in [3.8, 4) is 0 Å². The van der Waals surface area contributed by atoms with E-state index < -0.39 is 12.3 Å². The standard InChI is InChI=1S/C15H18O4/c1-11-6-5-9-13(14(11)16)19-15(17)18-10-12-7-3-2-4-8-12/h2-4,7-8,11,13H,5-6,9-10H2,1H3. The first-order valence-electron chi connectivity index (χ1n) is 6.58. The van der Waals surface area contributed by atoms with Gasteiger partial charge in [0.05, 0.1) is 0 Å². The summed E-state index contributed by atoms with van der Waals surface area (Å²) in [6.45, 7) is 2.03. The van der Waals surface area contributed by atoms with E-state index in [-0.39, 0.29) is 18.3 Å². The summed E-state index contributed by atoms with van der Waals surface area (Å²) in [6.07, 6.45) is 0.980. The fourth-order valence-corrected chi connectivity index (χ4v) is 2.19. The highest BCUT2D eigenvalue weighted by atomic mass is 16.7. The van der Waals surface area contributed by atoms with Crippen LogP contribution in [0.4, 0.5) is 4.79 Å². The topological polar surface area (TPSA) is 52.6 Å². The maximum Gasteiger partial charge on any atom is 0.509 e. The van der Waals surface area contributed by atoms with Gasteiger partial charge in [-0.15, -0.1) is 0 Å². The Morgan fingerprint density at radius 3 is 2.74 bits per heavy atom. The van der Waals surface area contributed by atoms with Gasteiger partial charge in [-0.2, -0.15) is 0 Å². The number of hydrogen-bond acceptors (Lipinski definition) is 4. The Morgan fingerprint density at radius 2 is 2.00 bits per heavy atom. The molecule has 0 saturated heterocycles. The van der Waals surface area contributed by atoms with Crippen LogP contribution in [0.25, 0.3) is 0 Å². The largest absolute Gasteiger partial charge is 0.509 e. The van der Waals surface area contributed by atoms with Crippen LogP contribution in [0.1, 0.15) is 31.7 Å². The third kappa shape index (κ3) is 3.81. The number of benzene rings is 1. The van der Waals surface area contributed by atoms with Crippen molar-refractivity contribution in [3.05, 3.63) is 35.9 Å². The van der Waals surface area contributed by atoms with Gasteiger partial charge in [-0.3, -0.25) is 4.79 Å². The molecule has 19 heavy (non-hydrogen) atoms. The van der Waals surface area contributed by atoms with Crippen molar-refractivity contribution in [2.75, 3.05) is 0 Å². The van der Waals surface area contributed by atoms with Crippen LogP contribution in [-0.4, -0.2) is 18.0 Å². The van der Waals surface area contributed by atoms with Crippen LogP contribution >= 0.6 is 0 Å². The summed E-state index contributed by atoms with van der Waals surface area (Å²) in [5, 5.41) is 0. The molecule has 0 N–H and O–H groups in total. The Hall–Kier alpha value is -1.84. The maximum atomic E-state index is 11.8. The van der Waals surface area contributed by atoms with E-state index in [0.717, 1.165) is 18.4 Å². The van der Waals surface area contributed by atoms with E-state index in [0.29, 0.717) is 6.42 Å². The first kappa shape index (κ1) is 13.6. The highest BCUT2D eigenvalue weighted by Crippen LogP contribution is 2.23. The van der Waals surface area contributed by atoms with Gasteiger partial charge in [0, 0.05) is 5.92 Å². The summed E-state index contributed by atoms with van der Waals surface area (Å²) in [5.74, 6) is -0.0245. The van der Waals surface area contributed by atoms with E-state index >= 15 is 0 Å². The molecule has 1 aliphatic carbocycles. The van der Waals surface area contributed by atoms with Crippen LogP contribution in [0.15, 0.2) is 30.3 Å². The summed E-state index contributed by atoms with van der Waals surface area (Å²) in [5.41, 5.74) is 0.891. The number of ketones is 1. The number of carbonyl (C=O) groups excluding carboxylic acids is 2. The van der Waals surface area contributed by atoms with E-state index in [2.05, 4.69) is 0 Å². The zero-order chi connectivity index (χ0) is 13.7. The normalized spacial score (nSPS) is 22.9. The van der Waals surface area contributed by atoms with Gasteiger partial charge in [0.15, 0.2) is 11.9 Å². The van der Waals surface area contributed by atoms with E-state index in [9.17, 15) is 9.59 Å². The summed E-state index contributed by atoms with van der Waals surface area (Å²) in [4.78, 5) is 23.3. The SMILES string of the molecule is CC1CCCC(OC(=O)OCc2ccccc2)C1=O. The molecular weight excluding hydrogens is 244 g/mol. The second-order valence-corrected chi connectivity index (χ2v) is 4.87. The van der Waals surface area contributed by atoms with Gasteiger partial charge in [-0.25, -0.2) is 4.79 Å². The van der Waals surface area contributed by atoms with Gasteiger partial charge in [0.25, 0.3) is 0 Å². The molecule has 1 fully saturated rings. The van der Waals surface area contributed by atoms with E-state index in [1.54, 1.807) is 0 Å². The van der Waals surface area contributed by atoms with Crippen molar-refractivity contribution in [2.24, 2.45) is 5.92 Å². The molecule has 0 radical (unpaired) electrons. The second kappa shape index (κ2) is 6.36.